The van der Waals surface area contributed by atoms with Gasteiger partial charge in [0.1, 0.15) is 6.54 Å². The van der Waals surface area contributed by atoms with E-state index in [0.29, 0.717) is 6.61 Å². The topological polar surface area (TPSA) is 22.1 Å². The summed E-state index contributed by atoms with van der Waals surface area (Å²) in [6.45, 7) is 2.48. The minimum atomic E-state index is 0.661. The van der Waals surface area contributed by atoms with Crippen LogP contribution >= 0.6 is 0 Å². The summed E-state index contributed by atoms with van der Waals surface area (Å²) in [6, 6.07) is 3.96. The van der Waals surface area contributed by atoms with Crippen molar-refractivity contribution in [2.24, 2.45) is 0 Å². The zero-order valence-corrected chi connectivity index (χ0v) is 9.23. The molecule has 14 heavy (non-hydrogen) atoms. The number of aromatic nitrogens is 1. The number of nitrogens with zero attached hydrogens (tertiary/aromatic N) is 2. The fraction of sp³-hybridized carbons (Fsp3) is 0.545. The second-order valence-corrected chi connectivity index (χ2v) is 4.43. The zero-order valence-electron chi connectivity index (χ0n) is 9.23. The van der Waals surface area contributed by atoms with Gasteiger partial charge in [0.2, 0.25) is 0 Å². The molecule has 1 aromatic rings. The van der Waals surface area contributed by atoms with Crippen molar-refractivity contribution in [3.63, 3.8) is 0 Å². The van der Waals surface area contributed by atoms with Crippen molar-refractivity contribution in [3.05, 3.63) is 30.1 Å². The summed E-state index contributed by atoms with van der Waals surface area (Å²) < 4.78 is 6.48. The highest BCUT2D eigenvalue weighted by atomic mass is 16.5. The summed E-state index contributed by atoms with van der Waals surface area (Å²) in [6.07, 6.45) is 3.61. The standard InChI is InChI=1S/C11H19N2O/c1-13(2,3)7-8-14-10-11-5-4-6-12-9-11/h4-6,9H,7-8,10H2,1-3H3/q+1. The molecule has 0 saturated carbocycles. The Kier molecular flexibility index (Phi) is 4.04. The van der Waals surface area contributed by atoms with Crippen LogP contribution in [0.3, 0.4) is 0 Å². The fourth-order valence-corrected chi connectivity index (χ4v) is 1.01. The summed E-state index contributed by atoms with van der Waals surface area (Å²) in [5, 5.41) is 0. The molecule has 0 amide bonds. The smallest absolute Gasteiger partial charge is 0.102 e. The number of rotatable bonds is 5. The van der Waals surface area contributed by atoms with E-state index in [2.05, 4.69) is 26.1 Å². The van der Waals surface area contributed by atoms with Crippen LogP contribution in [0.5, 0.6) is 0 Å². The second kappa shape index (κ2) is 5.08. The van der Waals surface area contributed by atoms with Gasteiger partial charge < -0.3 is 9.22 Å². The van der Waals surface area contributed by atoms with E-state index in [0.717, 1.165) is 23.2 Å². The van der Waals surface area contributed by atoms with Crippen LogP contribution in [-0.2, 0) is 11.3 Å². The van der Waals surface area contributed by atoms with Crippen molar-refractivity contribution in [1.29, 1.82) is 0 Å². The average Bonchev–Trinajstić information content (AvgIpc) is 2.13. The third-order valence-electron chi connectivity index (χ3n) is 1.90. The molecule has 78 valence electrons. The van der Waals surface area contributed by atoms with Gasteiger partial charge in [0, 0.05) is 12.4 Å². The number of hydrogen-bond donors (Lipinski definition) is 0. The molecule has 1 heterocycles. The van der Waals surface area contributed by atoms with Crippen LogP contribution < -0.4 is 0 Å². The van der Waals surface area contributed by atoms with Gasteiger partial charge in [0.05, 0.1) is 34.4 Å². The highest BCUT2D eigenvalue weighted by Gasteiger charge is 2.05. The lowest BCUT2D eigenvalue weighted by Gasteiger charge is -2.23. The molecule has 1 aromatic heterocycles. The van der Waals surface area contributed by atoms with E-state index in [1.165, 1.54) is 0 Å². The molecule has 0 fully saturated rings. The first-order valence-electron chi connectivity index (χ1n) is 4.85. The van der Waals surface area contributed by atoms with E-state index >= 15 is 0 Å². The molecule has 0 aliphatic rings. The Morgan fingerprint density at radius 1 is 1.36 bits per heavy atom. The predicted octanol–water partition coefficient (Wildman–Crippen LogP) is 1.30. The van der Waals surface area contributed by atoms with Gasteiger partial charge in [0.15, 0.2) is 0 Å². The maximum Gasteiger partial charge on any atom is 0.102 e. The van der Waals surface area contributed by atoms with Crippen LogP contribution in [0.1, 0.15) is 5.56 Å². The van der Waals surface area contributed by atoms with Crippen molar-refractivity contribution in [1.82, 2.24) is 4.98 Å². The van der Waals surface area contributed by atoms with E-state index < -0.39 is 0 Å². The van der Waals surface area contributed by atoms with Crippen LogP contribution in [0, 0.1) is 0 Å². The Hall–Kier alpha value is -0.930. The van der Waals surface area contributed by atoms with Crippen molar-refractivity contribution >= 4 is 0 Å². The Bertz CT molecular complexity index is 254. The lowest BCUT2D eigenvalue weighted by atomic mass is 10.3. The van der Waals surface area contributed by atoms with Gasteiger partial charge >= 0.3 is 0 Å². The van der Waals surface area contributed by atoms with Crippen LogP contribution in [-0.4, -0.2) is 43.8 Å². The van der Waals surface area contributed by atoms with Gasteiger partial charge in [-0.2, -0.15) is 0 Å². The zero-order chi connectivity index (χ0) is 10.4. The molecule has 0 saturated heterocycles. The molecule has 0 bridgehead atoms. The monoisotopic (exact) mass is 195 g/mol. The Morgan fingerprint density at radius 2 is 2.14 bits per heavy atom. The minimum absolute atomic E-state index is 0.661. The van der Waals surface area contributed by atoms with Gasteiger partial charge in [-0.15, -0.1) is 0 Å². The summed E-state index contributed by atoms with van der Waals surface area (Å²) in [4.78, 5) is 4.03. The molecule has 0 N–H and O–H groups in total. The van der Waals surface area contributed by atoms with Crippen molar-refractivity contribution in [2.45, 2.75) is 6.61 Å². The number of hydrogen-bond acceptors (Lipinski definition) is 2. The van der Waals surface area contributed by atoms with Gasteiger partial charge in [-0.25, -0.2) is 0 Å². The highest BCUT2D eigenvalue weighted by molar-refractivity contribution is 5.06. The number of likely N-dealkylation sites (N-methyl/N-ethyl adjacent to an activating group) is 1. The first-order valence-corrected chi connectivity index (χ1v) is 4.85. The molecule has 3 heteroatoms. The lowest BCUT2D eigenvalue weighted by Crippen LogP contribution is -2.37. The third kappa shape index (κ3) is 4.94. The molecule has 1 rings (SSSR count). The molecular weight excluding hydrogens is 176 g/mol. The van der Waals surface area contributed by atoms with Gasteiger partial charge in [-0.05, 0) is 11.6 Å². The third-order valence-corrected chi connectivity index (χ3v) is 1.90. The molecule has 0 aliphatic heterocycles. The highest BCUT2D eigenvalue weighted by Crippen LogP contribution is 1.98. The normalized spacial score (nSPS) is 11.6. The van der Waals surface area contributed by atoms with E-state index in [9.17, 15) is 0 Å². The van der Waals surface area contributed by atoms with E-state index in [4.69, 9.17) is 4.74 Å². The van der Waals surface area contributed by atoms with Crippen molar-refractivity contribution < 1.29 is 9.22 Å². The quantitative estimate of drug-likeness (QED) is 0.522. The largest absolute Gasteiger partial charge is 0.371 e. The summed E-state index contributed by atoms with van der Waals surface area (Å²) in [5.41, 5.74) is 1.13. The molecule has 3 nitrogen and oxygen atoms in total. The van der Waals surface area contributed by atoms with E-state index in [1.54, 1.807) is 6.20 Å². The Labute approximate surface area is 85.9 Å². The molecule has 0 spiro atoms. The summed E-state index contributed by atoms with van der Waals surface area (Å²) >= 11 is 0. The van der Waals surface area contributed by atoms with Gasteiger partial charge in [-0.3, -0.25) is 4.98 Å². The molecule has 0 unspecified atom stereocenters. The summed E-state index contributed by atoms with van der Waals surface area (Å²) in [5.74, 6) is 0. The second-order valence-electron chi connectivity index (χ2n) is 4.43. The van der Waals surface area contributed by atoms with Crippen LogP contribution in [0.15, 0.2) is 24.5 Å². The molecule has 0 atom stereocenters. The van der Waals surface area contributed by atoms with Gasteiger partial charge in [-0.1, -0.05) is 6.07 Å². The summed E-state index contributed by atoms with van der Waals surface area (Å²) in [7, 11) is 6.48. The maximum absolute atomic E-state index is 5.54. The van der Waals surface area contributed by atoms with Crippen molar-refractivity contribution in [3.8, 4) is 0 Å². The van der Waals surface area contributed by atoms with Crippen LogP contribution in [0.25, 0.3) is 0 Å². The Balaban J connectivity index is 2.17. The first-order chi connectivity index (χ1) is 6.58. The van der Waals surface area contributed by atoms with Crippen molar-refractivity contribution in [2.75, 3.05) is 34.3 Å². The minimum Gasteiger partial charge on any atom is -0.371 e. The molecule has 0 aromatic carbocycles. The first kappa shape index (κ1) is 11.1. The van der Waals surface area contributed by atoms with Crippen LogP contribution in [0.4, 0.5) is 0 Å². The van der Waals surface area contributed by atoms with Gasteiger partial charge in [0.25, 0.3) is 0 Å². The molecular formula is C11H19N2O+. The number of pyridine rings is 1. The Morgan fingerprint density at radius 3 is 2.71 bits per heavy atom. The lowest BCUT2D eigenvalue weighted by molar-refractivity contribution is -0.870. The predicted molar refractivity (Wildman–Crippen MR) is 56.8 cm³/mol. The maximum atomic E-state index is 5.54. The molecule has 0 radical (unpaired) electrons. The van der Waals surface area contributed by atoms with Crippen LogP contribution in [0.2, 0.25) is 0 Å². The number of ether oxygens (including phenoxy) is 1. The van der Waals surface area contributed by atoms with E-state index in [1.807, 2.05) is 18.3 Å². The van der Waals surface area contributed by atoms with E-state index in [-0.39, 0.29) is 0 Å². The SMILES string of the molecule is C[N+](C)(C)CCOCc1cccnc1. The molecule has 0 aliphatic carbocycles. The number of quaternary nitrogens is 1. The average molecular weight is 195 g/mol. The fourth-order valence-electron chi connectivity index (χ4n) is 1.01.